The molecular formula is C21H28N4O2S. The second-order valence-electron chi connectivity index (χ2n) is 8.09. The van der Waals surface area contributed by atoms with Gasteiger partial charge in [0.2, 0.25) is 5.91 Å². The summed E-state index contributed by atoms with van der Waals surface area (Å²) in [6.07, 6.45) is 6.13. The fourth-order valence-corrected chi connectivity index (χ4v) is 4.13. The van der Waals surface area contributed by atoms with Gasteiger partial charge in [0.05, 0.1) is 11.1 Å². The van der Waals surface area contributed by atoms with Crippen LogP contribution in [0.25, 0.3) is 0 Å². The standard InChI is InChI=1S/C21H28N4O2S/c1-13(2)10-19(26)25-8-6-15(7-9-25)23-20(27)16-11-18(14-4-5-14)24-21(28-3)17(16)12-22/h11,13-15H,4-10H2,1-3H3,(H,23,27). The van der Waals surface area contributed by atoms with Crippen molar-refractivity contribution in [2.75, 3.05) is 19.3 Å². The molecule has 2 fully saturated rings. The van der Waals surface area contributed by atoms with Crippen LogP contribution in [0.2, 0.25) is 0 Å². The summed E-state index contributed by atoms with van der Waals surface area (Å²) in [5.74, 6) is 0.759. The van der Waals surface area contributed by atoms with Crippen molar-refractivity contribution in [3.8, 4) is 6.07 Å². The minimum atomic E-state index is -0.205. The van der Waals surface area contributed by atoms with Crippen LogP contribution in [-0.2, 0) is 4.79 Å². The number of hydrogen-bond donors (Lipinski definition) is 1. The molecule has 1 N–H and O–H groups in total. The van der Waals surface area contributed by atoms with Gasteiger partial charge in [-0.05, 0) is 43.9 Å². The van der Waals surface area contributed by atoms with Crippen molar-refractivity contribution in [3.05, 3.63) is 22.9 Å². The van der Waals surface area contributed by atoms with E-state index < -0.39 is 0 Å². The number of aromatic nitrogens is 1. The third-order valence-corrected chi connectivity index (χ3v) is 6.00. The molecule has 0 spiro atoms. The van der Waals surface area contributed by atoms with E-state index >= 15 is 0 Å². The Hall–Kier alpha value is -2.07. The minimum absolute atomic E-state index is 0.0254. The highest BCUT2D eigenvalue weighted by atomic mass is 32.2. The van der Waals surface area contributed by atoms with Crippen LogP contribution in [0.5, 0.6) is 0 Å². The molecule has 0 atom stereocenters. The fraction of sp³-hybridized carbons (Fsp3) is 0.619. The van der Waals surface area contributed by atoms with Crippen LogP contribution >= 0.6 is 11.8 Å². The Bertz CT molecular complexity index is 790. The Balaban J connectivity index is 1.66. The Kier molecular flexibility index (Phi) is 6.61. The molecule has 1 aromatic heterocycles. The summed E-state index contributed by atoms with van der Waals surface area (Å²) >= 11 is 1.41. The Labute approximate surface area is 171 Å². The van der Waals surface area contributed by atoms with E-state index in [1.807, 2.05) is 25.0 Å². The van der Waals surface area contributed by atoms with Crippen molar-refractivity contribution in [2.45, 2.75) is 62.9 Å². The van der Waals surface area contributed by atoms with E-state index in [-0.39, 0.29) is 17.9 Å². The van der Waals surface area contributed by atoms with Gasteiger partial charge in [0, 0.05) is 37.2 Å². The van der Waals surface area contributed by atoms with Crippen molar-refractivity contribution in [2.24, 2.45) is 5.92 Å². The molecule has 2 heterocycles. The van der Waals surface area contributed by atoms with Crippen molar-refractivity contribution >= 4 is 23.6 Å². The zero-order valence-corrected chi connectivity index (χ0v) is 17.6. The van der Waals surface area contributed by atoms with E-state index in [4.69, 9.17) is 0 Å². The molecule has 3 rings (SSSR count). The van der Waals surface area contributed by atoms with Crippen LogP contribution in [0.15, 0.2) is 11.1 Å². The number of carbonyl (C=O) groups is 2. The molecule has 0 bridgehead atoms. The molecule has 0 radical (unpaired) electrons. The number of thioether (sulfide) groups is 1. The number of nitriles is 1. The molecule has 28 heavy (non-hydrogen) atoms. The largest absolute Gasteiger partial charge is 0.349 e. The summed E-state index contributed by atoms with van der Waals surface area (Å²) in [6, 6.07) is 3.99. The average Bonchev–Trinajstić information content (AvgIpc) is 3.52. The molecule has 1 saturated heterocycles. The van der Waals surface area contributed by atoms with E-state index in [9.17, 15) is 14.9 Å². The number of hydrogen-bond acceptors (Lipinski definition) is 5. The molecule has 1 aliphatic heterocycles. The van der Waals surface area contributed by atoms with Crippen molar-refractivity contribution in [1.82, 2.24) is 15.2 Å². The van der Waals surface area contributed by atoms with Crippen molar-refractivity contribution < 1.29 is 9.59 Å². The maximum atomic E-state index is 12.9. The molecule has 1 aromatic rings. The highest BCUT2D eigenvalue weighted by Crippen LogP contribution is 2.40. The Morgan fingerprint density at radius 2 is 2.00 bits per heavy atom. The van der Waals surface area contributed by atoms with E-state index in [1.54, 1.807) is 6.07 Å². The van der Waals surface area contributed by atoms with Gasteiger partial charge in [-0.25, -0.2) is 4.98 Å². The molecule has 1 saturated carbocycles. The number of nitrogens with one attached hydrogen (secondary N) is 1. The summed E-state index contributed by atoms with van der Waals surface area (Å²) in [4.78, 5) is 31.6. The molecule has 150 valence electrons. The molecule has 1 aliphatic carbocycles. The van der Waals surface area contributed by atoms with Gasteiger partial charge < -0.3 is 10.2 Å². The molecule has 2 amide bonds. The highest BCUT2D eigenvalue weighted by molar-refractivity contribution is 7.98. The second-order valence-corrected chi connectivity index (χ2v) is 8.89. The van der Waals surface area contributed by atoms with Crippen LogP contribution in [0, 0.1) is 17.2 Å². The SMILES string of the molecule is CSc1nc(C2CC2)cc(C(=O)NC2CCN(C(=O)CC(C)C)CC2)c1C#N. The van der Waals surface area contributed by atoms with Gasteiger partial charge in [-0.3, -0.25) is 9.59 Å². The van der Waals surface area contributed by atoms with Gasteiger partial charge in [0.15, 0.2) is 0 Å². The summed E-state index contributed by atoms with van der Waals surface area (Å²) in [5.41, 5.74) is 1.71. The third-order valence-electron chi connectivity index (χ3n) is 5.32. The van der Waals surface area contributed by atoms with Gasteiger partial charge in [-0.1, -0.05) is 13.8 Å². The number of carbonyl (C=O) groups excluding carboxylic acids is 2. The number of pyridine rings is 1. The van der Waals surface area contributed by atoms with Crippen LogP contribution in [-0.4, -0.2) is 47.1 Å². The van der Waals surface area contributed by atoms with Crippen LogP contribution in [0.3, 0.4) is 0 Å². The minimum Gasteiger partial charge on any atom is -0.349 e. The highest BCUT2D eigenvalue weighted by Gasteiger charge is 2.30. The van der Waals surface area contributed by atoms with Gasteiger partial charge in [0.25, 0.3) is 5.91 Å². The second kappa shape index (κ2) is 8.95. The maximum absolute atomic E-state index is 12.9. The lowest BCUT2D eigenvalue weighted by atomic mass is 10.0. The van der Waals surface area contributed by atoms with E-state index in [1.165, 1.54) is 11.8 Å². The summed E-state index contributed by atoms with van der Waals surface area (Å²) < 4.78 is 0. The van der Waals surface area contributed by atoms with E-state index in [0.29, 0.717) is 47.5 Å². The Morgan fingerprint density at radius 3 is 2.54 bits per heavy atom. The summed E-state index contributed by atoms with van der Waals surface area (Å²) in [6.45, 7) is 5.43. The quantitative estimate of drug-likeness (QED) is 0.740. The van der Waals surface area contributed by atoms with E-state index in [2.05, 4.69) is 16.4 Å². The van der Waals surface area contributed by atoms with Crippen LogP contribution < -0.4 is 5.32 Å². The number of nitrogens with zero attached hydrogens (tertiary/aromatic N) is 3. The average molecular weight is 401 g/mol. The summed E-state index contributed by atoms with van der Waals surface area (Å²) in [7, 11) is 0. The molecule has 0 aromatic carbocycles. The number of likely N-dealkylation sites (tertiary alicyclic amines) is 1. The lowest BCUT2D eigenvalue weighted by molar-refractivity contribution is -0.133. The predicted molar refractivity (Wildman–Crippen MR) is 109 cm³/mol. The first-order valence-corrected chi connectivity index (χ1v) is 11.2. The van der Waals surface area contributed by atoms with E-state index in [0.717, 1.165) is 31.4 Å². The lowest BCUT2D eigenvalue weighted by Crippen LogP contribution is -2.46. The predicted octanol–water partition coefficient (Wildman–Crippen LogP) is 3.32. The number of amides is 2. The zero-order valence-electron chi connectivity index (χ0n) is 16.8. The first kappa shape index (κ1) is 20.7. The van der Waals surface area contributed by atoms with Gasteiger partial charge >= 0.3 is 0 Å². The normalized spacial score (nSPS) is 17.5. The molecule has 2 aliphatic rings. The number of piperidine rings is 1. The van der Waals surface area contributed by atoms with Crippen LogP contribution in [0.1, 0.15) is 73.5 Å². The molecular weight excluding hydrogens is 372 g/mol. The first-order chi connectivity index (χ1) is 13.4. The monoisotopic (exact) mass is 400 g/mol. The molecule has 0 unspecified atom stereocenters. The number of rotatable bonds is 6. The topological polar surface area (TPSA) is 86.1 Å². The lowest BCUT2D eigenvalue weighted by Gasteiger charge is -2.33. The molecule has 7 heteroatoms. The fourth-order valence-electron chi connectivity index (χ4n) is 3.58. The van der Waals surface area contributed by atoms with Crippen molar-refractivity contribution in [3.63, 3.8) is 0 Å². The Morgan fingerprint density at radius 1 is 1.32 bits per heavy atom. The maximum Gasteiger partial charge on any atom is 0.253 e. The first-order valence-electron chi connectivity index (χ1n) is 10.0. The third kappa shape index (κ3) is 4.85. The summed E-state index contributed by atoms with van der Waals surface area (Å²) in [5, 5.41) is 13.3. The zero-order chi connectivity index (χ0) is 20.3. The smallest absolute Gasteiger partial charge is 0.253 e. The van der Waals surface area contributed by atoms with Crippen molar-refractivity contribution in [1.29, 1.82) is 5.26 Å². The van der Waals surface area contributed by atoms with Crippen LogP contribution in [0.4, 0.5) is 0 Å². The van der Waals surface area contributed by atoms with Gasteiger partial charge in [0.1, 0.15) is 11.1 Å². The molecule has 6 nitrogen and oxygen atoms in total. The van der Waals surface area contributed by atoms with Gasteiger partial charge in [-0.2, -0.15) is 5.26 Å². The van der Waals surface area contributed by atoms with Gasteiger partial charge in [-0.15, -0.1) is 11.8 Å².